The van der Waals surface area contributed by atoms with Crippen molar-refractivity contribution in [2.45, 2.75) is 4.90 Å². The molecule has 0 N–H and O–H groups in total. The van der Waals surface area contributed by atoms with Gasteiger partial charge in [-0.05, 0) is 18.4 Å². The molecule has 2 nitrogen and oxygen atoms in total. The van der Waals surface area contributed by atoms with Crippen molar-refractivity contribution in [2.24, 2.45) is 0 Å². The zero-order valence-electron chi connectivity index (χ0n) is 8.67. The molecule has 0 aliphatic carbocycles. The van der Waals surface area contributed by atoms with E-state index in [1.165, 1.54) is 16.7 Å². The molecule has 1 aromatic carbocycles. The summed E-state index contributed by atoms with van der Waals surface area (Å²) in [4.78, 5) is 14.1. The Balaban J connectivity index is 3.24. The van der Waals surface area contributed by atoms with Gasteiger partial charge in [0.05, 0.1) is 15.6 Å². The summed E-state index contributed by atoms with van der Waals surface area (Å²) in [7, 11) is 3.37. The number of carbonyl (C=O) groups excluding carboxylic acids is 1. The van der Waals surface area contributed by atoms with E-state index in [9.17, 15) is 4.79 Å². The third-order valence-corrected chi connectivity index (χ3v) is 3.39. The third-order valence-electron chi connectivity index (χ3n) is 1.88. The first kappa shape index (κ1) is 12.7. The van der Waals surface area contributed by atoms with Gasteiger partial charge in [-0.25, -0.2) is 0 Å². The summed E-state index contributed by atoms with van der Waals surface area (Å²) >= 11 is 13.4. The van der Waals surface area contributed by atoms with Gasteiger partial charge in [0.15, 0.2) is 0 Å². The van der Waals surface area contributed by atoms with E-state index in [1.54, 1.807) is 26.2 Å². The molecule has 0 spiro atoms. The SMILES string of the molecule is CSc1cc(C(=O)N(C)C)c(Cl)cc1Cl. The average molecular weight is 264 g/mol. The maximum atomic E-state index is 11.7. The molecule has 0 radical (unpaired) electrons. The van der Waals surface area contributed by atoms with Crippen molar-refractivity contribution in [2.75, 3.05) is 20.4 Å². The first-order valence-corrected chi connectivity index (χ1v) is 6.20. The summed E-state index contributed by atoms with van der Waals surface area (Å²) < 4.78 is 0. The Morgan fingerprint density at radius 1 is 1.27 bits per heavy atom. The Morgan fingerprint density at radius 2 is 1.87 bits per heavy atom. The molecule has 0 unspecified atom stereocenters. The van der Waals surface area contributed by atoms with Crippen LogP contribution in [0.2, 0.25) is 10.0 Å². The Bertz CT molecular complexity index is 393. The number of hydrogen-bond acceptors (Lipinski definition) is 2. The minimum Gasteiger partial charge on any atom is -0.345 e. The van der Waals surface area contributed by atoms with E-state index in [0.29, 0.717) is 15.6 Å². The number of hydrogen-bond donors (Lipinski definition) is 0. The molecule has 0 aromatic heterocycles. The van der Waals surface area contributed by atoms with Gasteiger partial charge in [-0.15, -0.1) is 11.8 Å². The fourth-order valence-corrected chi connectivity index (χ4v) is 2.28. The van der Waals surface area contributed by atoms with Gasteiger partial charge < -0.3 is 4.90 Å². The second kappa shape index (κ2) is 5.10. The molecule has 0 heterocycles. The van der Waals surface area contributed by atoms with Gasteiger partial charge in [0.2, 0.25) is 0 Å². The monoisotopic (exact) mass is 263 g/mol. The van der Waals surface area contributed by atoms with Crippen LogP contribution in [0.4, 0.5) is 0 Å². The van der Waals surface area contributed by atoms with Gasteiger partial charge in [0.1, 0.15) is 0 Å². The smallest absolute Gasteiger partial charge is 0.254 e. The van der Waals surface area contributed by atoms with Crippen molar-refractivity contribution in [1.82, 2.24) is 4.90 Å². The predicted molar refractivity (Wildman–Crippen MR) is 66.3 cm³/mol. The predicted octanol–water partition coefficient (Wildman–Crippen LogP) is 3.42. The normalized spacial score (nSPS) is 10.2. The summed E-state index contributed by atoms with van der Waals surface area (Å²) in [6.07, 6.45) is 1.90. The zero-order valence-corrected chi connectivity index (χ0v) is 11.0. The average Bonchev–Trinajstić information content (AvgIpc) is 2.17. The van der Waals surface area contributed by atoms with E-state index in [-0.39, 0.29) is 5.91 Å². The van der Waals surface area contributed by atoms with Crippen molar-refractivity contribution in [1.29, 1.82) is 0 Å². The lowest BCUT2D eigenvalue weighted by molar-refractivity contribution is 0.0827. The van der Waals surface area contributed by atoms with Crippen LogP contribution in [0.25, 0.3) is 0 Å². The van der Waals surface area contributed by atoms with Crippen LogP contribution in [0.3, 0.4) is 0 Å². The molecular formula is C10H11Cl2NOS. The molecule has 82 valence electrons. The number of amides is 1. The van der Waals surface area contributed by atoms with E-state index in [1.807, 2.05) is 6.26 Å². The minimum absolute atomic E-state index is 0.119. The van der Waals surface area contributed by atoms with Crippen LogP contribution in [0, 0.1) is 0 Å². The highest BCUT2D eigenvalue weighted by Crippen LogP contribution is 2.31. The van der Waals surface area contributed by atoms with Crippen LogP contribution >= 0.6 is 35.0 Å². The molecule has 0 atom stereocenters. The number of halogens is 2. The maximum absolute atomic E-state index is 11.7. The molecule has 0 aliphatic rings. The molecule has 15 heavy (non-hydrogen) atoms. The molecule has 0 saturated carbocycles. The molecular weight excluding hydrogens is 253 g/mol. The summed E-state index contributed by atoms with van der Waals surface area (Å²) in [5, 5.41) is 0.958. The van der Waals surface area contributed by atoms with E-state index in [0.717, 1.165) is 4.90 Å². The fraction of sp³-hybridized carbons (Fsp3) is 0.300. The van der Waals surface area contributed by atoms with Gasteiger partial charge in [-0.3, -0.25) is 4.79 Å². The maximum Gasteiger partial charge on any atom is 0.254 e. The summed E-state index contributed by atoms with van der Waals surface area (Å²) in [5.41, 5.74) is 0.482. The Kier molecular flexibility index (Phi) is 4.32. The van der Waals surface area contributed by atoms with Crippen molar-refractivity contribution in [3.63, 3.8) is 0 Å². The number of benzene rings is 1. The van der Waals surface area contributed by atoms with Crippen LogP contribution in [-0.4, -0.2) is 31.2 Å². The summed E-state index contributed by atoms with van der Waals surface area (Å²) in [6, 6.07) is 3.32. The van der Waals surface area contributed by atoms with Gasteiger partial charge in [0, 0.05) is 19.0 Å². The number of rotatable bonds is 2. The lowest BCUT2D eigenvalue weighted by Gasteiger charge is -2.13. The molecule has 5 heteroatoms. The van der Waals surface area contributed by atoms with Crippen LogP contribution in [0.5, 0.6) is 0 Å². The minimum atomic E-state index is -0.119. The van der Waals surface area contributed by atoms with E-state index < -0.39 is 0 Å². The zero-order chi connectivity index (χ0) is 11.6. The van der Waals surface area contributed by atoms with Crippen LogP contribution in [0.15, 0.2) is 17.0 Å². The molecule has 0 bridgehead atoms. The highest BCUT2D eigenvalue weighted by Gasteiger charge is 2.15. The van der Waals surface area contributed by atoms with Gasteiger partial charge in [-0.2, -0.15) is 0 Å². The Morgan fingerprint density at radius 3 is 2.33 bits per heavy atom. The number of carbonyl (C=O) groups is 1. The molecule has 1 amide bonds. The number of nitrogens with zero attached hydrogens (tertiary/aromatic N) is 1. The molecule has 1 rings (SSSR count). The highest BCUT2D eigenvalue weighted by atomic mass is 35.5. The topological polar surface area (TPSA) is 20.3 Å². The van der Waals surface area contributed by atoms with Crippen LogP contribution in [0.1, 0.15) is 10.4 Å². The summed E-state index contributed by atoms with van der Waals surface area (Å²) in [6.45, 7) is 0. The van der Waals surface area contributed by atoms with Gasteiger partial charge >= 0.3 is 0 Å². The van der Waals surface area contributed by atoms with Gasteiger partial charge in [0.25, 0.3) is 5.91 Å². The lowest BCUT2D eigenvalue weighted by Crippen LogP contribution is -2.22. The molecule has 0 aliphatic heterocycles. The molecule has 1 aromatic rings. The standard InChI is InChI=1S/C10H11Cl2NOS/c1-13(2)10(14)6-4-9(15-3)8(12)5-7(6)11/h4-5H,1-3H3. The molecule has 0 saturated heterocycles. The first-order valence-electron chi connectivity index (χ1n) is 4.22. The van der Waals surface area contributed by atoms with E-state index >= 15 is 0 Å². The second-order valence-corrected chi connectivity index (χ2v) is 4.83. The Hall–Kier alpha value is -0.380. The third kappa shape index (κ3) is 2.80. The van der Waals surface area contributed by atoms with Crippen LogP contribution in [-0.2, 0) is 0 Å². The van der Waals surface area contributed by atoms with E-state index in [2.05, 4.69) is 0 Å². The van der Waals surface area contributed by atoms with Crippen LogP contribution < -0.4 is 0 Å². The van der Waals surface area contributed by atoms with E-state index in [4.69, 9.17) is 23.2 Å². The molecule has 0 fully saturated rings. The second-order valence-electron chi connectivity index (χ2n) is 3.17. The Labute approximate surface area is 104 Å². The fourth-order valence-electron chi connectivity index (χ4n) is 1.09. The summed E-state index contributed by atoms with van der Waals surface area (Å²) in [5.74, 6) is -0.119. The largest absolute Gasteiger partial charge is 0.345 e. The highest BCUT2D eigenvalue weighted by molar-refractivity contribution is 7.98. The van der Waals surface area contributed by atoms with Gasteiger partial charge in [-0.1, -0.05) is 23.2 Å². The van der Waals surface area contributed by atoms with Crippen molar-refractivity contribution >= 4 is 40.9 Å². The van der Waals surface area contributed by atoms with Crippen molar-refractivity contribution < 1.29 is 4.79 Å². The van der Waals surface area contributed by atoms with Crippen molar-refractivity contribution in [3.8, 4) is 0 Å². The quantitative estimate of drug-likeness (QED) is 0.763. The van der Waals surface area contributed by atoms with Crippen molar-refractivity contribution in [3.05, 3.63) is 27.7 Å². The lowest BCUT2D eigenvalue weighted by atomic mass is 10.2. The number of thioether (sulfide) groups is 1. The first-order chi connectivity index (χ1) is 6.97.